The molecule has 2 aromatic carbocycles. The summed E-state index contributed by atoms with van der Waals surface area (Å²) in [4.78, 5) is 4.43. The molecule has 0 bridgehead atoms. The molecule has 0 aliphatic rings. The maximum Gasteiger partial charge on any atom is 0.184 e. The zero-order chi connectivity index (χ0) is 13.2. The third-order valence-corrected chi connectivity index (χ3v) is 3.85. The summed E-state index contributed by atoms with van der Waals surface area (Å²) in [6.07, 6.45) is 0. The molecule has 19 heavy (non-hydrogen) atoms. The number of aryl methyl sites for hydroxylation is 1. The van der Waals surface area contributed by atoms with Gasteiger partial charge >= 0.3 is 0 Å². The molecule has 2 nitrogen and oxygen atoms in total. The normalized spacial score (nSPS) is 10.8. The van der Waals surface area contributed by atoms with E-state index >= 15 is 0 Å². The highest BCUT2D eigenvalue weighted by molar-refractivity contribution is 7.22. The van der Waals surface area contributed by atoms with Crippen LogP contribution in [0.25, 0.3) is 10.2 Å². The molecule has 0 aliphatic carbocycles. The lowest BCUT2D eigenvalue weighted by atomic mass is 10.1. The van der Waals surface area contributed by atoms with Gasteiger partial charge in [-0.2, -0.15) is 0 Å². The van der Waals surface area contributed by atoms with E-state index in [1.165, 1.54) is 34.6 Å². The molecule has 3 aromatic rings. The average Bonchev–Trinajstić information content (AvgIpc) is 2.78. The smallest absolute Gasteiger partial charge is 0.184 e. The molecule has 0 saturated heterocycles. The first kappa shape index (κ1) is 12.1. The second-order valence-corrected chi connectivity index (χ2v) is 5.50. The molecule has 96 valence electrons. The van der Waals surface area contributed by atoms with Crippen LogP contribution in [0.15, 0.2) is 42.5 Å². The second kappa shape index (κ2) is 4.97. The number of fused-ring (bicyclic) bond motifs is 1. The molecule has 0 atom stereocenters. The number of hydrogen-bond acceptors (Lipinski definition) is 3. The Kier molecular flexibility index (Phi) is 3.17. The Bertz CT molecular complexity index is 721. The molecular weight excluding hydrogens is 259 g/mol. The van der Waals surface area contributed by atoms with Gasteiger partial charge < -0.3 is 5.32 Å². The summed E-state index contributed by atoms with van der Waals surface area (Å²) in [7, 11) is 0. The highest BCUT2D eigenvalue weighted by atomic mass is 32.1. The van der Waals surface area contributed by atoms with E-state index in [0.29, 0.717) is 0 Å². The summed E-state index contributed by atoms with van der Waals surface area (Å²) in [5.74, 6) is -0.221. The number of hydrogen-bond donors (Lipinski definition) is 1. The molecular formula is C15H13FN2S. The van der Waals surface area contributed by atoms with Crippen LogP contribution in [0.2, 0.25) is 0 Å². The average molecular weight is 272 g/mol. The number of nitrogens with zero attached hydrogens (tertiary/aromatic N) is 1. The van der Waals surface area contributed by atoms with E-state index in [1.807, 2.05) is 6.07 Å². The topological polar surface area (TPSA) is 24.9 Å². The van der Waals surface area contributed by atoms with Crippen LogP contribution < -0.4 is 5.32 Å². The third kappa shape index (κ3) is 2.74. The van der Waals surface area contributed by atoms with Crippen molar-refractivity contribution in [1.29, 1.82) is 0 Å². The number of benzene rings is 2. The van der Waals surface area contributed by atoms with E-state index in [0.717, 1.165) is 21.9 Å². The Labute approximate surface area is 114 Å². The summed E-state index contributed by atoms with van der Waals surface area (Å²) in [5.41, 5.74) is 3.29. The standard InChI is InChI=1S/C15H13FN2S/c1-10-3-2-4-11(7-10)9-17-15-18-13-6-5-12(16)8-14(13)19-15/h2-8H,9H2,1H3,(H,17,18). The van der Waals surface area contributed by atoms with Gasteiger partial charge in [0.2, 0.25) is 0 Å². The molecule has 0 amide bonds. The number of nitrogens with one attached hydrogen (secondary N) is 1. The number of halogens is 1. The van der Waals surface area contributed by atoms with E-state index in [4.69, 9.17) is 0 Å². The quantitative estimate of drug-likeness (QED) is 0.766. The largest absolute Gasteiger partial charge is 0.357 e. The van der Waals surface area contributed by atoms with Crippen molar-refractivity contribution in [2.24, 2.45) is 0 Å². The van der Waals surface area contributed by atoms with Crippen molar-refractivity contribution in [3.05, 3.63) is 59.4 Å². The zero-order valence-electron chi connectivity index (χ0n) is 10.5. The Balaban J connectivity index is 1.78. The van der Waals surface area contributed by atoms with E-state index in [9.17, 15) is 4.39 Å². The van der Waals surface area contributed by atoms with Crippen LogP contribution in [0, 0.1) is 12.7 Å². The minimum Gasteiger partial charge on any atom is -0.357 e. The maximum atomic E-state index is 13.1. The van der Waals surface area contributed by atoms with Gasteiger partial charge in [-0.1, -0.05) is 41.2 Å². The van der Waals surface area contributed by atoms with Gasteiger partial charge in [-0.05, 0) is 30.7 Å². The lowest BCUT2D eigenvalue weighted by Crippen LogP contribution is -1.98. The van der Waals surface area contributed by atoms with Gasteiger partial charge in [-0.3, -0.25) is 0 Å². The predicted molar refractivity (Wildman–Crippen MR) is 78.1 cm³/mol. The van der Waals surface area contributed by atoms with Gasteiger partial charge in [0, 0.05) is 6.54 Å². The molecule has 0 radical (unpaired) electrons. The number of aromatic nitrogens is 1. The van der Waals surface area contributed by atoms with E-state index in [1.54, 1.807) is 6.07 Å². The predicted octanol–water partition coefficient (Wildman–Crippen LogP) is 4.36. The van der Waals surface area contributed by atoms with Gasteiger partial charge in [0.15, 0.2) is 5.13 Å². The summed E-state index contributed by atoms with van der Waals surface area (Å²) in [6.45, 7) is 2.80. The SMILES string of the molecule is Cc1cccc(CNc2nc3ccc(F)cc3s2)c1. The lowest BCUT2D eigenvalue weighted by molar-refractivity contribution is 0.630. The number of anilines is 1. The van der Waals surface area contributed by atoms with Crippen LogP contribution in [0.5, 0.6) is 0 Å². The first-order valence-corrected chi connectivity index (χ1v) is 6.88. The van der Waals surface area contributed by atoms with Gasteiger partial charge in [0.1, 0.15) is 5.82 Å². The zero-order valence-corrected chi connectivity index (χ0v) is 11.3. The Morgan fingerprint density at radius 1 is 1.21 bits per heavy atom. The maximum absolute atomic E-state index is 13.1. The molecule has 3 rings (SSSR count). The first-order chi connectivity index (χ1) is 9.20. The molecule has 0 aliphatic heterocycles. The monoisotopic (exact) mass is 272 g/mol. The van der Waals surface area contributed by atoms with Crippen LogP contribution in [-0.4, -0.2) is 4.98 Å². The minimum atomic E-state index is -0.221. The first-order valence-electron chi connectivity index (χ1n) is 6.06. The Morgan fingerprint density at radius 2 is 2.11 bits per heavy atom. The summed E-state index contributed by atoms with van der Waals surface area (Å²) >= 11 is 1.47. The molecule has 1 heterocycles. The van der Waals surface area contributed by atoms with Gasteiger partial charge in [0.25, 0.3) is 0 Å². The number of thiazole rings is 1. The van der Waals surface area contributed by atoms with Gasteiger partial charge in [0.05, 0.1) is 10.2 Å². The van der Waals surface area contributed by atoms with E-state index in [2.05, 4.69) is 35.4 Å². The molecule has 0 unspecified atom stereocenters. The Hall–Kier alpha value is -1.94. The van der Waals surface area contributed by atoms with Crippen molar-refractivity contribution in [2.75, 3.05) is 5.32 Å². The molecule has 1 N–H and O–H groups in total. The molecule has 1 aromatic heterocycles. The van der Waals surface area contributed by atoms with E-state index in [-0.39, 0.29) is 5.82 Å². The second-order valence-electron chi connectivity index (χ2n) is 4.47. The fourth-order valence-electron chi connectivity index (χ4n) is 1.97. The van der Waals surface area contributed by atoms with Crippen LogP contribution in [-0.2, 0) is 6.54 Å². The third-order valence-electron chi connectivity index (χ3n) is 2.88. The van der Waals surface area contributed by atoms with Crippen molar-refractivity contribution in [3.8, 4) is 0 Å². The molecule has 4 heteroatoms. The van der Waals surface area contributed by atoms with Crippen LogP contribution in [0.4, 0.5) is 9.52 Å². The van der Waals surface area contributed by atoms with Gasteiger partial charge in [-0.15, -0.1) is 0 Å². The van der Waals surface area contributed by atoms with Gasteiger partial charge in [-0.25, -0.2) is 9.37 Å². The van der Waals surface area contributed by atoms with Crippen molar-refractivity contribution >= 4 is 26.7 Å². The lowest BCUT2D eigenvalue weighted by Gasteiger charge is -2.03. The van der Waals surface area contributed by atoms with Crippen molar-refractivity contribution in [1.82, 2.24) is 4.98 Å². The summed E-state index contributed by atoms with van der Waals surface area (Å²) in [6, 6.07) is 13.0. The number of rotatable bonds is 3. The van der Waals surface area contributed by atoms with E-state index < -0.39 is 0 Å². The minimum absolute atomic E-state index is 0.221. The van der Waals surface area contributed by atoms with Crippen molar-refractivity contribution in [3.63, 3.8) is 0 Å². The fourth-order valence-corrected chi connectivity index (χ4v) is 2.86. The summed E-state index contributed by atoms with van der Waals surface area (Å²) < 4.78 is 14.0. The molecule has 0 saturated carbocycles. The highest BCUT2D eigenvalue weighted by Gasteiger charge is 2.04. The molecule has 0 fully saturated rings. The van der Waals surface area contributed by atoms with Crippen molar-refractivity contribution in [2.45, 2.75) is 13.5 Å². The fraction of sp³-hybridized carbons (Fsp3) is 0.133. The molecule has 0 spiro atoms. The highest BCUT2D eigenvalue weighted by Crippen LogP contribution is 2.26. The van der Waals surface area contributed by atoms with Crippen LogP contribution in [0.3, 0.4) is 0 Å². The van der Waals surface area contributed by atoms with Crippen LogP contribution >= 0.6 is 11.3 Å². The van der Waals surface area contributed by atoms with Crippen molar-refractivity contribution < 1.29 is 4.39 Å². The van der Waals surface area contributed by atoms with Crippen LogP contribution in [0.1, 0.15) is 11.1 Å². The Morgan fingerprint density at radius 3 is 2.95 bits per heavy atom. The summed E-state index contributed by atoms with van der Waals surface area (Å²) in [5, 5.41) is 4.10.